The van der Waals surface area contributed by atoms with Crippen LogP contribution in [0.15, 0.2) is 0 Å². The Balaban J connectivity index is 2.36. The summed E-state index contributed by atoms with van der Waals surface area (Å²) in [7, 11) is 0. The number of esters is 1. The summed E-state index contributed by atoms with van der Waals surface area (Å²) in [6, 6.07) is 0. The molecular weight excluding hydrogens is 170 g/mol. The van der Waals surface area contributed by atoms with Crippen LogP contribution in [0.3, 0.4) is 0 Å². The van der Waals surface area contributed by atoms with E-state index in [1.54, 1.807) is 6.92 Å². The van der Waals surface area contributed by atoms with Gasteiger partial charge in [0, 0.05) is 12.1 Å². The first-order chi connectivity index (χ1) is 6.16. The highest BCUT2D eigenvalue weighted by Crippen LogP contribution is 2.20. The quantitative estimate of drug-likeness (QED) is 0.651. The van der Waals surface area contributed by atoms with Crippen LogP contribution < -0.4 is 5.73 Å². The molecule has 4 heteroatoms. The molecule has 4 nitrogen and oxygen atoms in total. The Bertz CT molecular complexity index is 176. The second-order valence-electron chi connectivity index (χ2n) is 3.50. The van der Waals surface area contributed by atoms with E-state index in [0.29, 0.717) is 13.2 Å². The lowest BCUT2D eigenvalue weighted by atomic mass is 9.90. The fourth-order valence-electron chi connectivity index (χ4n) is 1.51. The number of carbonyl (C=O) groups is 1. The normalized spacial score (nSPS) is 28.5. The van der Waals surface area contributed by atoms with Gasteiger partial charge in [0.1, 0.15) is 0 Å². The predicted molar refractivity (Wildman–Crippen MR) is 48.2 cm³/mol. The van der Waals surface area contributed by atoms with E-state index >= 15 is 0 Å². The third kappa shape index (κ3) is 3.32. The molecule has 13 heavy (non-hydrogen) atoms. The SMILES string of the molecule is CCOC(=O)CC1(N)CCCOC1. The molecule has 1 rings (SSSR count). The van der Waals surface area contributed by atoms with Crippen molar-refractivity contribution in [3.05, 3.63) is 0 Å². The highest BCUT2D eigenvalue weighted by molar-refractivity contribution is 5.70. The Morgan fingerprint density at radius 1 is 1.69 bits per heavy atom. The first-order valence-corrected chi connectivity index (χ1v) is 4.68. The van der Waals surface area contributed by atoms with Gasteiger partial charge < -0.3 is 15.2 Å². The third-order valence-corrected chi connectivity index (χ3v) is 2.15. The van der Waals surface area contributed by atoms with Gasteiger partial charge in [-0.3, -0.25) is 4.79 Å². The Morgan fingerprint density at radius 3 is 3.00 bits per heavy atom. The summed E-state index contributed by atoms with van der Waals surface area (Å²) in [6.45, 7) is 3.42. The molecular formula is C9H17NO3. The molecule has 1 heterocycles. The lowest BCUT2D eigenvalue weighted by Gasteiger charge is -2.32. The molecule has 0 aliphatic carbocycles. The highest BCUT2D eigenvalue weighted by atomic mass is 16.5. The van der Waals surface area contributed by atoms with Crippen LogP contribution in [0, 0.1) is 0 Å². The third-order valence-electron chi connectivity index (χ3n) is 2.15. The zero-order chi connectivity index (χ0) is 9.73. The lowest BCUT2D eigenvalue weighted by Crippen LogP contribution is -2.49. The highest BCUT2D eigenvalue weighted by Gasteiger charge is 2.31. The summed E-state index contributed by atoms with van der Waals surface area (Å²) >= 11 is 0. The zero-order valence-corrected chi connectivity index (χ0v) is 8.04. The van der Waals surface area contributed by atoms with Gasteiger partial charge in [-0.1, -0.05) is 0 Å². The minimum atomic E-state index is -0.496. The second kappa shape index (κ2) is 4.58. The van der Waals surface area contributed by atoms with Crippen LogP contribution in [0.2, 0.25) is 0 Å². The Hall–Kier alpha value is -0.610. The van der Waals surface area contributed by atoms with Gasteiger partial charge in [-0.25, -0.2) is 0 Å². The molecule has 0 spiro atoms. The molecule has 1 aliphatic heterocycles. The standard InChI is InChI=1S/C9H17NO3/c1-2-13-8(11)6-9(10)4-3-5-12-7-9/h2-7,10H2,1H3. The largest absolute Gasteiger partial charge is 0.466 e. The van der Waals surface area contributed by atoms with E-state index in [2.05, 4.69) is 0 Å². The molecule has 1 fully saturated rings. The Kier molecular flexibility index (Phi) is 3.69. The monoisotopic (exact) mass is 187 g/mol. The molecule has 1 atom stereocenters. The van der Waals surface area contributed by atoms with E-state index in [1.807, 2.05) is 0 Å². The van der Waals surface area contributed by atoms with Crippen molar-refractivity contribution in [2.45, 2.75) is 31.7 Å². The van der Waals surface area contributed by atoms with Crippen molar-refractivity contribution in [2.75, 3.05) is 19.8 Å². The number of hydrogen-bond donors (Lipinski definition) is 1. The maximum absolute atomic E-state index is 11.2. The Labute approximate surface area is 78.4 Å². The maximum atomic E-state index is 11.2. The maximum Gasteiger partial charge on any atom is 0.307 e. The number of rotatable bonds is 3. The summed E-state index contributed by atoms with van der Waals surface area (Å²) < 4.78 is 10.1. The topological polar surface area (TPSA) is 61.5 Å². The first-order valence-electron chi connectivity index (χ1n) is 4.68. The van der Waals surface area contributed by atoms with Crippen molar-refractivity contribution in [1.82, 2.24) is 0 Å². The van der Waals surface area contributed by atoms with Crippen LogP contribution in [0.25, 0.3) is 0 Å². The van der Waals surface area contributed by atoms with Gasteiger partial charge in [-0.15, -0.1) is 0 Å². The van der Waals surface area contributed by atoms with Gasteiger partial charge in [0.05, 0.1) is 19.6 Å². The average Bonchev–Trinajstić information content (AvgIpc) is 2.04. The molecule has 0 aromatic heterocycles. The number of ether oxygens (including phenoxy) is 2. The summed E-state index contributed by atoms with van der Waals surface area (Å²) in [6.07, 6.45) is 2.03. The second-order valence-corrected chi connectivity index (χ2v) is 3.50. The molecule has 1 saturated heterocycles. The summed E-state index contributed by atoms with van der Waals surface area (Å²) in [4.78, 5) is 11.2. The summed E-state index contributed by atoms with van der Waals surface area (Å²) in [5.74, 6) is -0.226. The van der Waals surface area contributed by atoms with Gasteiger partial charge in [-0.05, 0) is 19.8 Å². The van der Waals surface area contributed by atoms with Crippen LogP contribution in [0.5, 0.6) is 0 Å². The van der Waals surface area contributed by atoms with Gasteiger partial charge in [0.2, 0.25) is 0 Å². The van der Waals surface area contributed by atoms with Gasteiger partial charge in [0.25, 0.3) is 0 Å². The van der Waals surface area contributed by atoms with Crippen molar-refractivity contribution in [3.63, 3.8) is 0 Å². The van der Waals surface area contributed by atoms with E-state index in [1.165, 1.54) is 0 Å². The Morgan fingerprint density at radius 2 is 2.46 bits per heavy atom. The molecule has 1 aliphatic rings. The molecule has 2 N–H and O–H groups in total. The van der Waals surface area contributed by atoms with Gasteiger partial charge in [-0.2, -0.15) is 0 Å². The van der Waals surface area contributed by atoms with Crippen molar-refractivity contribution < 1.29 is 14.3 Å². The minimum absolute atomic E-state index is 0.226. The first kappa shape index (κ1) is 10.5. The molecule has 1 unspecified atom stereocenters. The van der Waals surface area contributed by atoms with E-state index < -0.39 is 5.54 Å². The van der Waals surface area contributed by atoms with Gasteiger partial charge >= 0.3 is 5.97 Å². The van der Waals surface area contributed by atoms with Crippen molar-refractivity contribution in [2.24, 2.45) is 5.73 Å². The number of nitrogens with two attached hydrogens (primary N) is 1. The van der Waals surface area contributed by atoms with E-state index in [-0.39, 0.29) is 12.4 Å². The molecule has 0 radical (unpaired) electrons. The fraction of sp³-hybridized carbons (Fsp3) is 0.889. The van der Waals surface area contributed by atoms with Crippen LogP contribution in [0.4, 0.5) is 0 Å². The fourth-order valence-corrected chi connectivity index (χ4v) is 1.51. The van der Waals surface area contributed by atoms with Crippen LogP contribution >= 0.6 is 0 Å². The molecule has 0 saturated carbocycles. The number of carbonyl (C=O) groups excluding carboxylic acids is 1. The molecule has 76 valence electrons. The van der Waals surface area contributed by atoms with Crippen molar-refractivity contribution >= 4 is 5.97 Å². The average molecular weight is 187 g/mol. The molecule has 0 aromatic rings. The lowest BCUT2D eigenvalue weighted by molar-refractivity contribution is -0.145. The summed E-state index contributed by atoms with van der Waals surface area (Å²) in [5, 5.41) is 0. The number of hydrogen-bond acceptors (Lipinski definition) is 4. The van der Waals surface area contributed by atoms with Gasteiger partial charge in [0.15, 0.2) is 0 Å². The molecule has 0 aromatic carbocycles. The van der Waals surface area contributed by atoms with Crippen molar-refractivity contribution in [3.8, 4) is 0 Å². The van der Waals surface area contributed by atoms with E-state index in [4.69, 9.17) is 15.2 Å². The predicted octanol–water partition coefficient (Wildman–Crippen LogP) is 0.448. The molecule has 0 amide bonds. The summed E-state index contributed by atoms with van der Waals surface area (Å²) in [5.41, 5.74) is 5.47. The minimum Gasteiger partial charge on any atom is -0.466 e. The van der Waals surface area contributed by atoms with Crippen LogP contribution in [0.1, 0.15) is 26.2 Å². The smallest absolute Gasteiger partial charge is 0.307 e. The van der Waals surface area contributed by atoms with E-state index in [9.17, 15) is 4.79 Å². The zero-order valence-electron chi connectivity index (χ0n) is 8.04. The molecule has 0 bridgehead atoms. The van der Waals surface area contributed by atoms with Crippen LogP contribution in [-0.2, 0) is 14.3 Å². The van der Waals surface area contributed by atoms with Crippen molar-refractivity contribution in [1.29, 1.82) is 0 Å². The van der Waals surface area contributed by atoms with E-state index in [0.717, 1.165) is 19.4 Å². The van der Waals surface area contributed by atoms with Crippen LogP contribution in [-0.4, -0.2) is 31.3 Å².